The van der Waals surface area contributed by atoms with Crippen molar-refractivity contribution in [1.82, 2.24) is 29.7 Å². The maximum absolute atomic E-state index is 15.1. The number of amides is 1. The lowest BCUT2D eigenvalue weighted by Gasteiger charge is -2.12. The maximum Gasteiger partial charge on any atom is 0.229 e. The molecule has 0 radical (unpaired) electrons. The van der Waals surface area contributed by atoms with E-state index in [1.54, 1.807) is 47.9 Å². The summed E-state index contributed by atoms with van der Waals surface area (Å²) in [6.45, 7) is 1.89. The molecule has 1 fully saturated rings. The van der Waals surface area contributed by atoms with Gasteiger partial charge in [0.25, 0.3) is 0 Å². The molecule has 4 N–H and O–H groups in total. The van der Waals surface area contributed by atoms with Crippen molar-refractivity contribution in [2.24, 2.45) is 13.0 Å². The molecule has 4 heterocycles. The first kappa shape index (κ1) is 21.9. The van der Waals surface area contributed by atoms with Gasteiger partial charge in [0.1, 0.15) is 5.82 Å². The van der Waals surface area contributed by atoms with Crippen LogP contribution in [0.1, 0.15) is 28.7 Å². The second kappa shape index (κ2) is 8.26. The van der Waals surface area contributed by atoms with Crippen molar-refractivity contribution in [2.45, 2.75) is 18.8 Å². The number of H-pyrrole nitrogens is 1. The summed E-state index contributed by atoms with van der Waals surface area (Å²) in [5.41, 5.74) is 9.92. The van der Waals surface area contributed by atoms with Crippen molar-refractivity contribution >= 4 is 28.2 Å². The van der Waals surface area contributed by atoms with Crippen molar-refractivity contribution in [3.63, 3.8) is 0 Å². The molecule has 1 aromatic carbocycles. The van der Waals surface area contributed by atoms with Gasteiger partial charge in [-0.25, -0.2) is 14.4 Å². The van der Waals surface area contributed by atoms with Crippen molar-refractivity contribution < 1.29 is 9.18 Å². The summed E-state index contributed by atoms with van der Waals surface area (Å²) in [6.07, 6.45) is 11.8. The molecule has 0 saturated heterocycles. The van der Waals surface area contributed by atoms with Crippen LogP contribution in [0.4, 0.5) is 15.9 Å². The number of nitrogens with zero attached hydrogens (tertiary/aromatic N) is 5. The van der Waals surface area contributed by atoms with Crippen LogP contribution in [-0.4, -0.2) is 35.6 Å². The first-order valence-electron chi connectivity index (χ1n) is 11.5. The Hall–Kier alpha value is -4.60. The lowest BCUT2D eigenvalue weighted by molar-refractivity contribution is -0.117. The standard InChI is InChI=1S/C26H23FN8O/c1-13-3-4-29-8-17(13)16-5-14-6-20(31-9-18(14)25(28)24(16)27)34-26(36)23-21(15-7-33-35(2)11-15)22(23)19-10-30-12-32-19/h3-12,21-23H,28H2,1-2H3,(H,30,32)(H,31,34,36). The molecule has 36 heavy (non-hydrogen) atoms. The maximum atomic E-state index is 15.1. The molecule has 180 valence electrons. The van der Waals surface area contributed by atoms with Crippen molar-refractivity contribution in [2.75, 3.05) is 11.1 Å². The minimum atomic E-state index is -0.517. The number of nitrogens with one attached hydrogen (secondary N) is 2. The van der Waals surface area contributed by atoms with E-state index >= 15 is 4.39 Å². The number of aromatic amines is 1. The highest BCUT2D eigenvalue weighted by Gasteiger charge is 2.57. The Balaban J connectivity index is 1.33. The van der Waals surface area contributed by atoms with E-state index in [0.717, 1.165) is 16.8 Å². The number of rotatable bonds is 5. The van der Waals surface area contributed by atoms with Crippen LogP contribution in [0.5, 0.6) is 0 Å². The Morgan fingerprint density at radius 3 is 2.72 bits per heavy atom. The molecule has 1 aliphatic rings. The quantitative estimate of drug-likeness (QED) is 0.326. The number of nitrogens with two attached hydrogens (primary N) is 1. The number of hydrogen-bond acceptors (Lipinski definition) is 6. The number of anilines is 2. The number of aryl methyl sites for hydroxylation is 2. The Labute approximate surface area is 205 Å². The number of nitrogen functional groups attached to an aromatic ring is 1. The molecular weight excluding hydrogens is 459 g/mol. The average Bonchev–Trinajstić information content (AvgIpc) is 3.17. The third-order valence-corrected chi connectivity index (χ3v) is 6.89. The van der Waals surface area contributed by atoms with Crippen LogP contribution in [0.15, 0.2) is 61.7 Å². The summed E-state index contributed by atoms with van der Waals surface area (Å²) in [6, 6.07) is 5.24. The zero-order valence-corrected chi connectivity index (χ0v) is 19.6. The SMILES string of the molecule is Cc1ccncc1-c1cc2cc(NC(=O)C3C(c4cnn(C)c4)C3c3cnc[nH]3)ncc2c(N)c1F. The smallest absolute Gasteiger partial charge is 0.229 e. The van der Waals surface area contributed by atoms with E-state index in [1.165, 1.54) is 6.20 Å². The highest BCUT2D eigenvalue weighted by molar-refractivity contribution is 6.01. The normalized spacial score (nSPS) is 18.9. The van der Waals surface area contributed by atoms with Crippen LogP contribution in [0, 0.1) is 18.7 Å². The minimum Gasteiger partial charge on any atom is -0.396 e. The van der Waals surface area contributed by atoms with E-state index in [1.807, 2.05) is 26.2 Å². The van der Waals surface area contributed by atoms with Crippen molar-refractivity contribution in [3.8, 4) is 11.1 Å². The van der Waals surface area contributed by atoms with Gasteiger partial charge in [0.15, 0.2) is 5.82 Å². The zero-order valence-electron chi connectivity index (χ0n) is 19.6. The van der Waals surface area contributed by atoms with Gasteiger partial charge >= 0.3 is 0 Å². The third kappa shape index (κ3) is 3.58. The Morgan fingerprint density at radius 1 is 1.14 bits per heavy atom. The molecule has 9 nitrogen and oxygen atoms in total. The highest BCUT2D eigenvalue weighted by atomic mass is 19.1. The molecule has 10 heteroatoms. The number of imidazole rings is 1. The molecule has 1 saturated carbocycles. The van der Waals surface area contributed by atoms with Gasteiger partial charge in [-0.15, -0.1) is 0 Å². The number of pyridine rings is 2. The molecule has 4 aromatic heterocycles. The lowest BCUT2D eigenvalue weighted by atomic mass is 9.98. The number of carbonyl (C=O) groups is 1. The van der Waals surface area contributed by atoms with Crippen LogP contribution >= 0.6 is 0 Å². The first-order chi connectivity index (χ1) is 17.4. The van der Waals surface area contributed by atoms with Gasteiger partial charge in [0, 0.05) is 72.1 Å². The van der Waals surface area contributed by atoms with E-state index < -0.39 is 5.82 Å². The van der Waals surface area contributed by atoms with Gasteiger partial charge in [0.05, 0.1) is 24.1 Å². The zero-order chi connectivity index (χ0) is 25.0. The molecule has 0 aliphatic heterocycles. The summed E-state index contributed by atoms with van der Waals surface area (Å²) in [4.78, 5) is 29.1. The fourth-order valence-electron chi connectivity index (χ4n) is 5.02. The summed E-state index contributed by atoms with van der Waals surface area (Å²) < 4.78 is 16.9. The third-order valence-electron chi connectivity index (χ3n) is 6.89. The minimum absolute atomic E-state index is 0.00859. The van der Waals surface area contributed by atoms with Crippen LogP contribution in [-0.2, 0) is 11.8 Å². The summed E-state index contributed by atoms with van der Waals surface area (Å²) in [5, 5.41) is 8.35. The van der Waals surface area contributed by atoms with Crippen LogP contribution in [0.25, 0.3) is 21.9 Å². The van der Waals surface area contributed by atoms with E-state index in [-0.39, 0.29) is 29.3 Å². The number of aromatic nitrogens is 6. The predicted octanol–water partition coefficient (Wildman–Crippen LogP) is 3.92. The molecule has 5 aromatic rings. The van der Waals surface area contributed by atoms with E-state index in [2.05, 4.69) is 30.4 Å². The fourth-order valence-corrected chi connectivity index (χ4v) is 5.02. The molecular formula is C26H23FN8O. The summed E-state index contributed by atoms with van der Waals surface area (Å²) in [7, 11) is 1.85. The van der Waals surface area contributed by atoms with Gasteiger partial charge in [0.2, 0.25) is 5.91 Å². The topological polar surface area (TPSA) is 127 Å². The number of benzene rings is 1. The van der Waals surface area contributed by atoms with Gasteiger partial charge in [-0.2, -0.15) is 5.10 Å². The molecule has 0 bridgehead atoms. The summed E-state index contributed by atoms with van der Waals surface area (Å²) >= 11 is 0. The Bertz CT molecular complexity index is 1610. The second-order valence-corrected chi connectivity index (χ2v) is 9.15. The number of hydrogen-bond donors (Lipinski definition) is 3. The fraction of sp³-hybridized carbons (Fsp3) is 0.192. The highest BCUT2D eigenvalue weighted by Crippen LogP contribution is 2.60. The molecule has 6 rings (SSSR count). The van der Waals surface area contributed by atoms with Crippen molar-refractivity contribution in [1.29, 1.82) is 0 Å². The Morgan fingerprint density at radius 2 is 2.00 bits per heavy atom. The number of halogens is 1. The first-order valence-corrected chi connectivity index (χ1v) is 11.5. The van der Waals surface area contributed by atoms with E-state index in [4.69, 9.17) is 5.73 Å². The monoisotopic (exact) mass is 482 g/mol. The van der Waals surface area contributed by atoms with Crippen LogP contribution in [0.3, 0.4) is 0 Å². The van der Waals surface area contributed by atoms with E-state index in [0.29, 0.717) is 27.7 Å². The van der Waals surface area contributed by atoms with Gasteiger partial charge < -0.3 is 16.0 Å². The molecule has 1 amide bonds. The lowest BCUT2D eigenvalue weighted by Crippen LogP contribution is -2.16. The van der Waals surface area contributed by atoms with Gasteiger partial charge in [-0.1, -0.05) is 0 Å². The predicted molar refractivity (Wildman–Crippen MR) is 133 cm³/mol. The van der Waals surface area contributed by atoms with E-state index in [9.17, 15) is 4.79 Å². The van der Waals surface area contributed by atoms with Gasteiger partial charge in [-0.3, -0.25) is 14.5 Å². The largest absolute Gasteiger partial charge is 0.396 e. The molecule has 1 aliphatic carbocycles. The van der Waals surface area contributed by atoms with Crippen LogP contribution < -0.4 is 11.1 Å². The number of fused-ring (bicyclic) bond motifs is 1. The van der Waals surface area contributed by atoms with Crippen LogP contribution in [0.2, 0.25) is 0 Å². The molecule has 0 spiro atoms. The Kier molecular flexibility index (Phi) is 5.03. The molecule has 3 atom stereocenters. The number of carbonyl (C=O) groups excluding carboxylic acids is 1. The van der Waals surface area contributed by atoms with Crippen molar-refractivity contribution in [3.05, 3.63) is 84.3 Å². The summed E-state index contributed by atoms with van der Waals surface area (Å²) in [5.74, 6) is -0.677. The average molecular weight is 483 g/mol. The molecule has 3 unspecified atom stereocenters. The van der Waals surface area contributed by atoms with Gasteiger partial charge in [-0.05, 0) is 41.6 Å². The second-order valence-electron chi connectivity index (χ2n) is 9.15.